The molecule has 5 heteroatoms. The summed E-state index contributed by atoms with van der Waals surface area (Å²) in [6.07, 6.45) is 1.40. The summed E-state index contributed by atoms with van der Waals surface area (Å²) in [5.41, 5.74) is 0.603. The summed E-state index contributed by atoms with van der Waals surface area (Å²) in [4.78, 5) is 14.5. The van der Waals surface area contributed by atoms with Gasteiger partial charge in [-0.25, -0.2) is 4.39 Å². The molecule has 0 saturated carbocycles. The van der Waals surface area contributed by atoms with Gasteiger partial charge in [-0.05, 0) is 31.0 Å². The molecule has 0 spiro atoms. The number of carbonyl (C=O) groups excluding carboxylic acids is 1. The van der Waals surface area contributed by atoms with Crippen LogP contribution in [0.3, 0.4) is 0 Å². The highest BCUT2D eigenvalue weighted by atomic mass is 19.1. The minimum absolute atomic E-state index is 0.00330. The number of nitrogens with zero attached hydrogens (tertiary/aromatic N) is 1. The Morgan fingerprint density at radius 2 is 2.09 bits per heavy atom. The number of benzene rings is 1. The van der Waals surface area contributed by atoms with Crippen molar-refractivity contribution >= 4 is 5.91 Å². The molecule has 2 N–H and O–H groups in total. The fourth-order valence-electron chi connectivity index (χ4n) is 2.71. The van der Waals surface area contributed by atoms with Gasteiger partial charge in [0.1, 0.15) is 5.82 Å². The Labute approximate surface area is 132 Å². The van der Waals surface area contributed by atoms with Crippen LogP contribution in [-0.2, 0) is 11.2 Å². The molecule has 1 aromatic rings. The molecule has 2 rings (SSSR count). The smallest absolute Gasteiger partial charge is 0.223 e. The predicted molar refractivity (Wildman–Crippen MR) is 86.2 cm³/mol. The molecule has 22 heavy (non-hydrogen) atoms. The van der Waals surface area contributed by atoms with E-state index >= 15 is 0 Å². The van der Waals surface area contributed by atoms with Crippen molar-refractivity contribution in [2.45, 2.75) is 19.8 Å². The lowest BCUT2D eigenvalue weighted by molar-refractivity contribution is -0.124. The summed E-state index contributed by atoms with van der Waals surface area (Å²) < 4.78 is 13.6. The molecule has 4 nitrogen and oxygen atoms in total. The first-order chi connectivity index (χ1) is 10.7. The SMILES string of the molecule is CC(Cc1ccccc1F)C(=O)NCCCN1CCNCC1. The molecule has 1 unspecified atom stereocenters. The van der Waals surface area contributed by atoms with Gasteiger partial charge in [0.15, 0.2) is 0 Å². The van der Waals surface area contributed by atoms with Crippen LogP contribution in [0.2, 0.25) is 0 Å². The summed E-state index contributed by atoms with van der Waals surface area (Å²) in [6.45, 7) is 7.80. The fourth-order valence-corrected chi connectivity index (χ4v) is 2.71. The van der Waals surface area contributed by atoms with E-state index in [1.165, 1.54) is 6.07 Å². The maximum atomic E-state index is 13.6. The first kappa shape index (κ1) is 16.9. The molecule has 1 aliphatic heterocycles. The van der Waals surface area contributed by atoms with Crippen LogP contribution in [-0.4, -0.2) is 50.1 Å². The van der Waals surface area contributed by atoms with E-state index in [4.69, 9.17) is 0 Å². The highest BCUT2D eigenvalue weighted by Gasteiger charge is 2.15. The lowest BCUT2D eigenvalue weighted by atomic mass is 10.00. The zero-order chi connectivity index (χ0) is 15.8. The van der Waals surface area contributed by atoms with Crippen LogP contribution in [0, 0.1) is 11.7 Å². The van der Waals surface area contributed by atoms with Crippen molar-refractivity contribution in [3.63, 3.8) is 0 Å². The van der Waals surface area contributed by atoms with Gasteiger partial charge >= 0.3 is 0 Å². The molecule has 1 amide bonds. The molecule has 0 radical (unpaired) electrons. The molecule has 1 saturated heterocycles. The number of piperazine rings is 1. The van der Waals surface area contributed by atoms with Crippen LogP contribution in [0.1, 0.15) is 18.9 Å². The summed E-state index contributed by atoms with van der Waals surface area (Å²) in [5, 5.41) is 6.28. The van der Waals surface area contributed by atoms with Crippen molar-refractivity contribution in [2.24, 2.45) is 5.92 Å². The Kier molecular flexibility index (Phi) is 6.80. The summed E-state index contributed by atoms with van der Waals surface area (Å²) in [7, 11) is 0. The fraction of sp³-hybridized carbons (Fsp3) is 0.588. The molecule has 1 aliphatic rings. The van der Waals surface area contributed by atoms with Crippen LogP contribution in [0.15, 0.2) is 24.3 Å². The van der Waals surface area contributed by atoms with Crippen LogP contribution < -0.4 is 10.6 Å². The highest BCUT2D eigenvalue weighted by molar-refractivity contribution is 5.78. The van der Waals surface area contributed by atoms with Crippen LogP contribution in [0.5, 0.6) is 0 Å². The van der Waals surface area contributed by atoms with Gasteiger partial charge in [0.05, 0.1) is 0 Å². The average Bonchev–Trinajstić information content (AvgIpc) is 2.54. The van der Waals surface area contributed by atoms with E-state index in [2.05, 4.69) is 15.5 Å². The maximum absolute atomic E-state index is 13.6. The van der Waals surface area contributed by atoms with E-state index < -0.39 is 0 Å². The number of carbonyl (C=O) groups is 1. The maximum Gasteiger partial charge on any atom is 0.223 e. The summed E-state index contributed by atoms with van der Waals surface area (Å²) in [6, 6.07) is 6.65. The second-order valence-electron chi connectivity index (χ2n) is 5.93. The Morgan fingerprint density at radius 3 is 2.82 bits per heavy atom. The van der Waals surface area contributed by atoms with Crippen molar-refractivity contribution in [1.82, 2.24) is 15.5 Å². The molecule has 122 valence electrons. The Morgan fingerprint density at radius 1 is 1.36 bits per heavy atom. The third-order valence-corrected chi connectivity index (χ3v) is 4.09. The number of hydrogen-bond acceptors (Lipinski definition) is 3. The molecule has 0 aliphatic carbocycles. The second kappa shape index (κ2) is 8.86. The molecule has 1 atom stereocenters. The van der Waals surface area contributed by atoms with Gasteiger partial charge in [0.2, 0.25) is 5.91 Å². The first-order valence-corrected chi connectivity index (χ1v) is 8.11. The van der Waals surface area contributed by atoms with Crippen molar-refractivity contribution in [3.05, 3.63) is 35.6 Å². The largest absolute Gasteiger partial charge is 0.356 e. The van der Waals surface area contributed by atoms with Crippen LogP contribution in [0.25, 0.3) is 0 Å². The normalized spacial score (nSPS) is 17.2. The van der Waals surface area contributed by atoms with Gasteiger partial charge in [-0.15, -0.1) is 0 Å². The third kappa shape index (κ3) is 5.39. The summed E-state index contributed by atoms with van der Waals surface area (Å²) >= 11 is 0. The number of amides is 1. The Hall–Kier alpha value is -1.46. The number of hydrogen-bond donors (Lipinski definition) is 2. The van der Waals surface area contributed by atoms with Crippen LogP contribution >= 0.6 is 0 Å². The highest BCUT2D eigenvalue weighted by Crippen LogP contribution is 2.12. The minimum atomic E-state index is -0.235. The number of halogens is 1. The molecule has 0 bridgehead atoms. The lowest BCUT2D eigenvalue weighted by Crippen LogP contribution is -2.44. The topological polar surface area (TPSA) is 44.4 Å². The minimum Gasteiger partial charge on any atom is -0.356 e. The quantitative estimate of drug-likeness (QED) is 0.749. The van der Waals surface area contributed by atoms with E-state index in [9.17, 15) is 9.18 Å². The number of nitrogens with one attached hydrogen (secondary N) is 2. The van der Waals surface area contributed by atoms with Gasteiger partial charge in [-0.3, -0.25) is 4.79 Å². The molecule has 0 aromatic heterocycles. The molecule has 1 aromatic carbocycles. The second-order valence-corrected chi connectivity index (χ2v) is 5.93. The molecular weight excluding hydrogens is 281 g/mol. The predicted octanol–water partition coefficient (Wildman–Crippen LogP) is 1.42. The van der Waals surface area contributed by atoms with Crippen molar-refractivity contribution < 1.29 is 9.18 Å². The van der Waals surface area contributed by atoms with E-state index in [0.717, 1.165) is 39.1 Å². The van der Waals surface area contributed by atoms with Crippen molar-refractivity contribution in [2.75, 3.05) is 39.3 Å². The van der Waals surface area contributed by atoms with E-state index in [-0.39, 0.29) is 17.6 Å². The van der Waals surface area contributed by atoms with Gasteiger partial charge in [0.25, 0.3) is 0 Å². The Bertz CT molecular complexity index is 475. The zero-order valence-corrected chi connectivity index (χ0v) is 13.3. The van der Waals surface area contributed by atoms with Crippen molar-refractivity contribution in [3.8, 4) is 0 Å². The first-order valence-electron chi connectivity index (χ1n) is 8.11. The monoisotopic (exact) mass is 307 g/mol. The number of rotatable bonds is 7. The van der Waals surface area contributed by atoms with Crippen LogP contribution in [0.4, 0.5) is 4.39 Å². The van der Waals surface area contributed by atoms with E-state index in [0.29, 0.717) is 18.5 Å². The molecule has 1 fully saturated rings. The third-order valence-electron chi connectivity index (χ3n) is 4.09. The average molecular weight is 307 g/mol. The standard InChI is InChI=1S/C17H26FN3O/c1-14(13-15-5-2-3-6-16(15)18)17(22)20-7-4-10-21-11-8-19-9-12-21/h2-3,5-6,14,19H,4,7-13H2,1H3,(H,20,22). The van der Waals surface area contributed by atoms with E-state index in [1.807, 2.05) is 6.92 Å². The van der Waals surface area contributed by atoms with E-state index in [1.54, 1.807) is 18.2 Å². The lowest BCUT2D eigenvalue weighted by Gasteiger charge is -2.27. The molecular formula is C17H26FN3O. The zero-order valence-electron chi connectivity index (χ0n) is 13.3. The van der Waals surface area contributed by atoms with Gasteiger partial charge in [-0.1, -0.05) is 25.1 Å². The Balaban J connectivity index is 1.65. The molecule has 1 heterocycles. The van der Waals surface area contributed by atoms with Gasteiger partial charge in [-0.2, -0.15) is 0 Å². The summed E-state index contributed by atoms with van der Waals surface area (Å²) in [5.74, 6) is -0.444. The van der Waals surface area contributed by atoms with Crippen molar-refractivity contribution in [1.29, 1.82) is 0 Å². The van der Waals surface area contributed by atoms with Gasteiger partial charge < -0.3 is 15.5 Å². The van der Waals surface area contributed by atoms with Gasteiger partial charge in [0, 0.05) is 38.6 Å².